The van der Waals surface area contributed by atoms with Crippen molar-refractivity contribution in [2.45, 2.75) is 25.5 Å². The minimum atomic E-state index is -1.63. The first-order valence-electron chi connectivity index (χ1n) is 7.72. The highest BCUT2D eigenvalue weighted by Gasteiger charge is 2.29. The van der Waals surface area contributed by atoms with Crippen LogP contribution in [0, 0.1) is 17.1 Å². The SMILES string of the molecule is COc1cccc(/C(=N/[S+]([O-])C(C)(C)C)c2cc(Cl)cc(F)c2C#N)c1. The summed E-state index contributed by atoms with van der Waals surface area (Å²) >= 11 is 4.36. The zero-order valence-electron chi connectivity index (χ0n) is 14.8. The van der Waals surface area contributed by atoms with E-state index in [1.807, 2.05) is 6.07 Å². The van der Waals surface area contributed by atoms with Crippen LogP contribution < -0.4 is 4.74 Å². The van der Waals surface area contributed by atoms with E-state index >= 15 is 0 Å². The molecule has 0 bridgehead atoms. The lowest BCUT2D eigenvalue weighted by Crippen LogP contribution is -2.27. The van der Waals surface area contributed by atoms with Gasteiger partial charge >= 0.3 is 0 Å². The van der Waals surface area contributed by atoms with Gasteiger partial charge in [0.25, 0.3) is 0 Å². The van der Waals surface area contributed by atoms with Crippen molar-refractivity contribution < 1.29 is 13.7 Å². The molecule has 0 radical (unpaired) electrons. The molecule has 1 atom stereocenters. The first-order chi connectivity index (χ1) is 12.2. The minimum absolute atomic E-state index is 0.119. The minimum Gasteiger partial charge on any atom is -0.591 e. The zero-order chi connectivity index (χ0) is 19.5. The van der Waals surface area contributed by atoms with Gasteiger partial charge in [-0.3, -0.25) is 0 Å². The van der Waals surface area contributed by atoms with Crippen LogP contribution in [0.3, 0.4) is 0 Å². The van der Waals surface area contributed by atoms with Crippen molar-refractivity contribution in [2.24, 2.45) is 4.40 Å². The van der Waals surface area contributed by atoms with E-state index in [4.69, 9.17) is 16.3 Å². The van der Waals surface area contributed by atoms with Gasteiger partial charge in [0.2, 0.25) is 0 Å². The summed E-state index contributed by atoms with van der Waals surface area (Å²) in [4.78, 5) is 0. The molecule has 0 amide bonds. The van der Waals surface area contributed by atoms with E-state index in [0.29, 0.717) is 11.3 Å². The van der Waals surface area contributed by atoms with Crippen molar-refractivity contribution in [3.05, 3.63) is 63.9 Å². The van der Waals surface area contributed by atoms with Gasteiger partial charge in [0.05, 0.1) is 12.7 Å². The van der Waals surface area contributed by atoms with Crippen LogP contribution in [0.25, 0.3) is 0 Å². The van der Waals surface area contributed by atoms with Crippen LogP contribution >= 0.6 is 11.6 Å². The van der Waals surface area contributed by atoms with Gasteiger partial charge in [-0.2, -0.15) is 5.26 Å². The molecule has 26 heavy (non-hydrogen) atoms. The van der Waals surface area contributed by atoms with Crippen LogP contribution in [0.15, 0.2) is 40.8 Å². The van der Waals surface area contributed by atoms with Crippen molar-refractivity contribution in [2.75, 3.05) is 7.11 Å². The molecule has 0 heterocycles. The Bertz CT molecular complexity index is 888. The van der Waals surface area contributed by atoms with Gasteiger partial charge in [-0.05, 0) is 45.0 Å². The van der Waals surface area contributed by atoms with Crippen LogP contribution in [-0.2, 0) is 11.4 Å². The summed E-state index contributed by atoms with van der Waals surface area (Å²) in [6, 6.07) is 11.2. The fourth-order valence-electron chi connectivity index (χ4n) is 2.12. The number of nitriles is 1. The van der Waals surface area contributed by atoms with Gasteiger partial charge in [0, 0.05) is 16.1 Å². The molecule has 136 valence electrons. The van der Waals surface area contributed by atoms with Gasteiger partial charge in [-0.25, -0.2) is 4.39 Å². The first-order valence-corrected chi connectivity index (χ1v) is 9.20. The highest BCUT2D eigenvalue weighted by atomic mass is 35.5. The van der Waals surface area contributed by atoms with Crippen molar-refractivity contribution in [1.82, 2.24) is 0 Å². The average Bonchev–Trinajstić information content (AvgIpc) is 2.58. The molecule has 0 spiro atoms. The van der Waals surface area contributed by atoms with Crippen molar-refractivity contribution in [1.29, 1.82) is 5.26 Å². The number of methoxy groups -OCH3 is 1. The van der Waals surface area contributed by atoms with E-state index in [1.165, 1.54) is 13.2 Å². The maximum absolute atomic E-state index is 14.2. The zero-order valence-corrected chi connectivity index (χ0v) is 16.4. The summed E-state index contributed by atoms with van der Waals surface area (Å²) in [5.74, 6) is -0.204. The summed E-state index contributed by atoms with van der Waals surface area (Å²) in [6.07, 6.45) is 0. The second-order valence-corrected chi connectivity index (χ2v) is 8.80. The Morgan fingerprint density at radius 1 is 1.31 bits per heavy atom. The summed E-state index contributed by atoms with van der Waals surface area (Å²) < 4.78 is 35.8. The molecule has 1 unspecified atom stereocenters. The topological polar surface area (TPSA) is 68.4 Å². The van der Waals surface area contributed by atoms with Gasteiger partial charge < -0.3 is 9.29 Å². The standard InChI is InChI=1S/C19H18ClFN2O2S/c1-19(2,3)26(24)23-18(12-6-5-7-14(8-12)25-4)15-9-13(20)10-17(21)16(15)11-22/h5-10H,1-4H3/b23-18-. The molecular weight excluding hydrogens is 375 g/mol. The fraction of sp³-hybridized carbons (Fsp3) is 0.263. The van der Waals surface area contributed by atoms with Crippen LogP contribution in [0.2, 0.25) is 5.02 Å². The van der Waals surface area contributed by atoms with E-state index in [9.17, 15) is 14.2 Å². The first kappa shape index (κ1) is 20.2. The number of hydrogen-bond acceptors (Lipinski definition) is 4. The smallest absolute Gasteiger partial charge is 0.144 e. The molecule has 7 heteroatoms. The molecule has 2 aromatic rings. The van der Waals surface area contributed by atoms with Gasteiger partial charge in [-0.1, -0.05) is 28.1 Å². The Hall–Kier alpha value is -2.07. The highest BCUT2D eigenvalue weighted by Crippen LogP contribution is 2.27. The van der Waals surface area contributed by atoms with Crippen LogP contribution in [0.1, 0.15) is 37.5 Å². The number of rotatable bonds is 4. The second-order valence-electron chi connectivity index (χ2n) is 6.46. The Morgan fingerprint density at radius 3 is 2.58 bits per heavy atom. The molecule has 0 aliphatic rings. The lowest BCUT2D eigenvalue weighted by molar-refractivity contribution is 0.414. The summed E-state index contributed by atoms with van der Waals surface area (Å²) in [5, 5.41) is 9.51. The Kier molecular flexibility index (Phi) is 6.30. The lowest BCUT2D eigenvalue weighted by Gasteiger charge is -2.20. The Morgan fingerprint density at radius 2 is 2.00 bits per heavy atom. The molecular formula is C19H18ClFN2O2S. The largest absolute Gasteiger partial charge is 0.591 e. The summed E-state index contributed by atoms with van der Waals surface area (Å²) in [5.41, 5.74) is 0.737. The van der Waals surface area contributed by atoms with Crippen molar-refractivity contribution >= 4 is 28.7 Å². The van der Waals surface area contributed by atoms with E-state index < -0.39 is 21.9 Å². The Labute approximate surface area is 160 Å². The quantitative estimate of drug-likeness (QED) is 0.561. The summed E-state index contributed by atoms with van der Waals surface area (Å²) in [7, 11) is 1.52. The molecule has 2 rings (SSSR count). The number of ether oxygens (including phenoxy) is 1. The molecule has 0 N–H and O–H groups in total. The maximum atomic E-state index is 14.2. The van der Waals surface area contributed by atoms with E-state index in [0.717, 1.165) is 6.07 Å². The van der Waals surface area contributed by atoms with Crippen molar-refractivity contribution in [3.8, 4) is 11.8 Å². The predicted molar refractivity (Wildman–Crippen MR) is 103 cm³/mol. The number of halogens is 2. The highest BCUT2D eigenvalue weighted by molar-refractivity contribution is 7.91. The molecule has 0 aliphatic carbocycles. The van der Waals surface area contributed by atoms with Gasteiger partial charge in [0.15, 0.2) is 0 Å². The molecule has 0 saturated carbocycles. The van der Waals surface area contributed by atoms with Gasteiger partial charge in [-0.15, -0.1) is 0 Å². The molecule has 0 aromatic heterocycles. The lowest BCUT2D eigenvalue weighted by atomic mass is 9.97. The number of hydrogen-bond donors (Lipinski definition) is 0. The van der Waals surface area contributed by atoms with E-state index in [-0.39, 0.29) is 21.9 Å². The maximum Gasteiger partial charge on any atom is 0.144 e. The summed E-state index contributed by atoms with van der Waals surface area (Å²) in [6.45, 7) is 5.33. The third kappa shape index (κ3) is 4.55. The van der Waals surface area contributed by atoms with Crippen LogP contribution in [0.5, 0.6) is 5.75 Å². The third-order valence-electron chi connectivity index (χ3n) is 3.46. The van der Waals surface area contributed by atoms with E-state index in [2.05, 4.69) is 4.40 Å². The normalized spacial score (nSPS) is 13.2. The molecule has 4 nitrogen and oxygen atoms in total. The molecule has 0 fully saturated rings. The Balaban J connectivity index is 2.78. The van der Waals surface area contributed by atoms with Crippen molar-refractivity contribution in [3.63, 3.8) is 0 Å². The van der Waals surface area contributed by atoms with E-state index in [1.54, 1.807) is 45.0 Å². The van der Waals surface area contributed by atoms with Crippen LogP contribution in [0.4, 0.5) is 4.39 Å². The monoisotopic (exact) mass is 392 g/mol. The molecule has 0 aliphatic heterocycles. The third-order valence-corrected chi connectivity index (χ3v) is 5.08. The average molecular weight is 393 g/mol. The molecule has 0 saturated heterocycles. The predicted octanol–water partition coefficient (Wildman–Crippen LogP) is 4.66. The van der Waals surface area contributed by atoms with Crippen LogP contribution in [-0.4, -0.2) is 22.1 Å². The second kappa shape index (κ2) is 8.09. The number of benzene rings is 2. The molecule has 2 aromatic carbocycles. The van der Waals surface area contributed by atoms with Gasteiger partial charge in [0.1, 0.15) is 39.5 Å². The fourth-order valence-corrected chi connectivity index (χ4v) is 2.97. The number of nitrogens with zero attached hydrogens (tertiary/aromatic N) is 2.